The molecule has 1 aromatic carbocycles. The number of nitrogens with two attached hydrogens (primary N) is 1. The second-order valence-electron chi connectivity index (χ2n) is 5.73. The summed E-state index contributed by atoms with van der Waals surface area (Å²) in [5, 5.41) is 2.81. The van der Waals surface area contributed by atoms with E-state index in [9.17, 15) is 4.79 Å². The lowest BCUT2D eigenvalue weighted by atomic mass is 10.0. The average Bonchev–Trinajstić information content (AvgIpc) is 2.26. The van der Waals surface area contributed by atoms with Crippen molar-refractivity contribution in [3.63, 3.8) is 0 Å². The van der Waals surface area contributed by atoms with Gasteiger partial charge in [-0.25, -0.2) is 4.79 Å². The molecule has 0 spiro atoms. The van der Waals surface area contributed by atoms with E-state index in [1.54, 1.807) is 6.07 Å². The summed E-state index contributed by atoms with van der Waals surface area (Å²) in [5.41, 5.74) is 6.92. The molecule has 1 amide bonds. The molecule has 1 aromatic rings. The Morgan fingerprint density at radius 2 is 2.21 bits per heavy atom. The Kier molecular flexibility index (Phi) is 3.55. The summed E-state index contributed by atoms with van der Waals surface area (Å²) < 4.78 is 10.8. The molecular formula is C14H20N2O3. The molecule has 5 heteroatoms. The monoisotopic (exact) mass is 264 g/mol. The molecule has 1 aliphatic heterocycles. The highest BCUT2D eigenvalue weighted by Gasteiger charge is 2.24. The number of anilines is 1. The highest BCUT2D eigenvalue weighted by Crippen LogP contribution is 2.26. The van der Waals surface area contributed by atoms with E-state index in [1.165, 1.54) is 0 Å². The Labute approximate surface area is 113 Å². The van der Waals surface area contributed by atoms with Gasteiger partial charge in [0.2, 0.25) is 0 Å². The first kappa shape index (κ1) is 13.5. The number of amides is 1. The van der Waals surface area contributed by atoms with Crippen LogP contribution in [-0.4, -0.2) is 24.3 Å². The van der Waals surface area contributed by atoms with Gasteiger partial charge in [-0.05, 0) is 38.8 Å². The van der Waals surface area contributed by atoms with Crippen LogP contribution in [0.5, 0.6) is 5.75 Å². The maximum Gasteiger partial charge on any atom is 0.408 e. The molecule has 0 saturated carbocycles. The minimum Gasteiger partial charge on any atom is -0.491 e. The molecule has 0 aromatic heterocycles. The van der Waals surface area contributed by atoms with Crippen molar-refractivity contribution in [2.24, 2.45) is 0 Å². The Bertz CT molecular complexity index is 480. The molecule has 0 aliphatic carbocycles. The lowest BCUT2D eigenvalue weighted by molar-refractivity contribution is 0.0482. The Hall–Kier alpha value is -1.91. The van der Waals surface area contributed by atoms with Crippen LogP contribution in [0.1, 0.15) is 26.3 Å². The van der Waals surface area contributed by atoms with Gasteiger partial charge < -0.3 is 20.5 Å². The Balaban J connectivity index is 1.95. The zero-order valence-electron chi connectivity index (χ0n) is 11.5. The van der Waals surface area contributed by atoms with Crippen LogP contribution < -0.4 is 15.8 Å². The minimum absolute atomic E-state index is 0.0778. The van der Waals surface area contributed by atoms with Gasteiger partial charge in [0.1, 0.15) is 18.0 Å². The van der Waals surface area contributed by atoms with Crippen molar-refractivity contribution < 1.29 is 14.3 Å². The maximum atomic E-state index is 11.7. The van der Waals surface area contributed by atoms with E-state index in [-0.39, 0.29) is 6.04 Å². The SMILES string of the molecule is CC(C)(C)OC(=O)N[C@H]1COc2cc(N)ccc2C1. The number of nitrogens with one attached hydrogen (secondary N) is 1. The van der Waals surface area contributed by atoms with Crippen LogP contribution in [0, 0.1) is 0 Å². The van der Waals surface area contributed by atoms with Gasteiger partial charge in [-0.1, -0.05) is 6.07 Å². The summed E-state index contributed by atoms with van der Waals surface area (Å²) in [6, 6.07) is 5.48. The van der Waals surface area contributed by atoms with E-state index in [1.807, 2.05) is 32.9 Å². The number of carbonyl (C=O) groups excluding carboxylic acids is 1. The second-order valence-corrected chi connectivity index (χ2v) is 5.73. The van der Waals surface area contributed by atoms with E-state index < -0.39 is 11.7 Å². The molecule has 5 nitrogen and oxygen atoms in total. The zero-order chi connectivity index (χ0) is 14.0. The van der Waals surface area contributed by atoms with E-state index in [0.717, 1.165) is 17.7 Å². The fraction of sp³-hybridized carbons (Fsp3) is 0.500. The molecule has 0 radical (unpaired) electrons. The first-order valence-corrected chi connectivity index (χ1v) is 6.34. The van der Waals surface area contributed by atoms with Gasteiger partial charge in [0.05, 0.1) is 6.04 Å². The van der Waals surface area contributed by atoms with Gasteiger partial charge >= 0.3 is 6.09 Å². The largest absolute Gasteiger partial charge is 0.491 e. The van der Waals surface area contributed by atoms with Crippen LogP contribution in [0.15, 0.2) is 18.2 Å². The number of ether oxygens (including phenoxy) is 2. The van der Waals surface area contributed by atoms with Crippen molar-refractivity contribution in [2.75, 3.05) is 12.3 Å². The quantitative estimate of drug-likeness (QED) is 0.762. The van der Waals surface area contributed by atoms with Crippen LogP contribution in [0.4, 0.5) is 10.5 Å². The summed E-state index contributed by atoms with van der Waals surface area (Å²) in [6.07, 6.45) is 0.300. The Morgan fingerprint density at radius 1 is 1.47 bits per heavy atom. The van der Waals surface area contributed by atoms with Crippen LogP contribution in [-0.2, 0) is 11.2 Å². The van der Waals surface area contributed by atoms with E-state index >= 15 is 0 Å². The number of nitrogen functional groups attached to an aromatic ring is 1. The van der Waals surface area contributed by atoms with Gasteiger partial charge in [-0.2, -0.15) is 0 Å². The molecule has 3 N–H and O–H groups in total. The summed E-state index contributed by atoms with van der Waals surface area (Å²) >= 11 is 0. The van der Waals surface area contributed by atoms with Crippen molar-refractivity contribution in [1.29, 1.82) is 0 Å². The molecule has 0 fully saturated rings. The molecule has 2 rings (SSSR count). The molecule has 0 saturated heterocycles. The predicted octanol–water partition coefficient (Wildman–Crippen LogP) is 2.10. The van der Waals surface area contributed by atoms with Crippen LogP contribution in [0.2, 0.25) is 0 Å². The van der Waals surface area contributed by atoms with Crippen LogP contribution >= 0.6 is 0 Å². The highest BCUT2D eigenvalue weighted by atomic mass is 16.6. The van der Waals surface area contributed by atoms with Crippen molar-refractivity contribution in [2.45, 2.75) is 38.8 Å². The lowest BCUT2D eigenvalue weighted by Crippen LogP contribution is -2.44. The van der Waals surface area contributed by atoms with Crippen molar-refractivity contribution in [3.05, 3.63) is 23.8 Å². The molecule has 1 atom stereocenters. The first-order valence-electron chi connectivity index (χ1n) is 6.34. The molecule has 0 unspecified atom stereocenters. The van der Waals surface area contributed by atoms with Crippen LogP contribution in [0.25, 0.3) is 0 Å². The third kappa shape index (κ3) is 3.77. The first-order chi connectivity index (χ1) is 8.83. The van der Waals surface area contributed by atoms with Gasteiger partial charge in [0.25, 0.3) is 0 Å². The molecule has 1 aliphatic rings. The standard InChI is InChI=1S/C14H20N2O3/c1-14(2,3)19-13(17)16-11-6-9-4-5-10(15)7-12(9)18-8-11/h4-5,7,11H,6,8,15H2,1-3H3,(H,16,17)/t11-/m1/s1. The number of rotatable bonds is 1. The van der Waals surface area contributed by atoms with Gasteiger partial charge in [0, 0.05) is 11.8 Å². The van der Waals surface area contributed by atoms with Crippen molar-refractivity contribution in [3.8, 4) is 5.75 Å². The molecule has 1 heterocycles. The number of carbonyl (C=O) groups is 1. The minimum atomic E-state index is -0.494. The topological polar surface area (TPSA) is 73.6 Å². The predicted molar refractivity (Wildman–Crippen MR) is 73.2 cm³/mol. The van der Waals surface area contributed by atoms with Gasteiger partial charge in [-0.15, -0.1) is 0 Å². The molecular weight excluding hydrogens is 244 g/mol. The molecule has 0 bridgehead atoms. The summed E-state index contributed by atoms with van der Waals surface area (Å²) in [4.78, 5) is 11.7. The van der Waals surface area contributed by atoms with Crippen molar-refractivity contribution in [1.82, 2.24) is 5.32 Å². The van der Waals surface area contributed by atoms with Gasteiger partial charge in [-0.3, -0.25) is 0 Å². The van der Waals surface area contributed by atoms with Crippen LogP contribution in [0.3, 0.4) is 0 Å². The number of fused-ring (bicyclic) bond motifs is 1. The summed E-state index contributed by atoms with van der Waals surface area (Å²) in [7, 11) is 0. The number of hydrogen-bond donors (Lipinski definition) is 2. The maximum absolute atomic E-state index is 11.7. The number of hydrogen-bond acceptors (Lipinski definition) is 4. The second kappa shape index (κ2) is 4.99. The number of benzene rings is 1. The van der Waals surface area contributed by atoms with E-state index in [2.05, 4.69) is 5.32 Å². The lowest BCUT2D eigenvalue weighted by Gasteiger charge is -2.27. The Morgan fingerprint density at radius 3 is 2.89 bits per heavy atom. The number of alkyl carbamates (subject to hydrolysis) is 1. The normalized spacial score (nSPS) is 18.2. The highest BCUT2D eigenvalue weighted by molar-refractivity contribution is 5.68. The third-order valence-corrected chi connectivity index (χ3v) is 2.72. The summed E-state index contributed by atoms with van der Waals surface area (Å²) in [5.74, 6) is 0.794. The fourth-order valence-corrected chi connectivity index (χ4v) is 1.96. The fourth-order valence-electron chi connectivity index (χ4n) is 1.96. The molecule has 104 valence electrons. The van der Waals surface area contributed by atoms with E-state index in [4.69, 9.17) is 15.2 Å². The van der Waals surface area contributed by atoms with Gasteiger partial charge in [0.15, 0.2) is 0 Å². The average molecular weight is 264 g/mol. The zero-order valence-corrected chi connectivity index (χ0v) is 11.5. The smallest absolute Gasteiger partial charge is 0.408 e. The third-order valence-electron chi connectivity index (χ3n) is 2.72. The van der Waals surface area contributed by atoms with Crippen molar-refractivity contribution >= 4 is 11.8 Å². The summed E-state index contributed by atoms with van der Waals surface area (Å²) in [6.45, 7) is 5.93. The van der Waals surface area contributed by atoms with E-state index in [0.29, 0.717) is 12.3 Å². The molecule has 19 heavy (non-hydrogen) atoms.